The first kappa shape index (κ1) is 21.3. The molecule has 0 saturated carbocycles. The van der Waals surface area contributed by atoms with Crippen LogP contribution < -0.4 is 17.0 Å². The lowest BCUT2D eigenvalue weighted by Gasteiger charge is -2.07. The number of aromatic nitrogens is 3. The Bertz CT molecular complexity index is 788. The van der Waals surface area contributed by atoms with Crippen molar-refractivity contribution in [1.82, 2.24) is 15.0 Å². The summed E-state index contributed by atoms with van der Waals surface area (Å²) in [5.41, 5.74) is 9.25. The van der Waals surface area contributed by atoms with Crippen LogP contribution in [0, 0.1) is 0 Å². The van der Waals surface area contributed by atoms with E-state index in [1.807, 2.05) is 0 Å². The zero-order valence-corrected chi connectivity index (χ0v) is 15.0. The summed E-state index contributed by atoms with van der Waals surface area (Å²) >= 11 is 2.72. The Morgan fingerprint density at radius 2 is 2.08 bits per heavy atom. The second-order valence-electron chi connectivity index (χ2n) is 4.54. The highest BCUT2D eigenvalue weighted by Crippen LogP contribution is 2.26. The SMILES string of the molecule is Cl.NC(N)=Nc1nc(CSCCc2nc(C(F)(F)F)cc(=O)[nH]2)cs1. The maximum atomic E-state index is 12.6. The Hall–Kier alpha value is -1.79. The van der Waals surface area contributed by atoms with Crippen LogP contribution >= 0.6 is 35.5 Å². The number of rotatable bonds is 6. The number of aliphatic imine (C=N–C) groups is 1. The molecule has 25 heavy (non-hydrogen) atoms. The van der Waals surface area contributed by atoms with Crippen LogP contribution in [0.4, 0.5) is 18.3 Å². The van der Waals surface area contributed by atoms with Gasteiger partial charge in [-0.25, -0.2) is 9.97 Å². The minimum atomic E-state index is -4.64. The fraction of sp³-hybridized carbons (Fsp3) is 0.333. The Morgan fingerprint density at radius 1 is 1.36 bits per heavy atom. The van der Waals surface area contributed by atoms with Crippen LogP contribution in [0.15, 0.2) is 21.2 Å². The van der Waals surface area contributed by atoms with E-state index in [0.29, 0.717) is 22.7 Å². The smallest absolute Gasteiger partial charge is 0.370 e. The van der Waals surface area contributed by atoms with E-state index >= 15 is 0 Å². The molecule has 2 heterocycles. The quantitative estimate of drug-likeness (QED) is 0.377. The average molecular weight is 415 g/mol. The van der Waals surface area contributed by atoms with Gasteiger partial charge in [0.1, 0.15) is 5.82 Å². The van der Waals surface area contributed by atoms with E-state index in [4.69, 9.17) is 11.5 Å². The molecule has 2 aromatic rings. The van der Waals surface area contributed by atoms with E-state index < -0.39 is 17.4 Å². The number of H-pyrrole nitrogens is 1. The lowest BCUT2D eigenvalue weighted by atomic mass is 10.3. The zero-order valence-electron chi connectivity index (χ0n) is 12.5. The van der Waals surface area contributed by atoms with Crippen molar-refractivity contribution in [2.24, 2.45) is 16.5 Å². The van der Waals surface area contributed by atoms with Gasteiger partial charge in [0.15, 0.2) is 11.7 Å². The second kappa shape index (κ2) is 9.06. The molecule has 0 radical (unpaired) electrons. The molecule has 0 unspecified atom stereocenters. The number of nitrogens with one attached hydrogen (secondary N) is 1. The first-order valence-electron chi connectivity index (χ1n) is 6.53. The predicted molar refractivity (Wildman–Crippen MR) is 94.6 cm³/mol. The lowest BCUT2D eigenvalue weighted by molar-refractivity contribution is -0.141. The Kier molecular flexibility index (Phi) is 7.70. The topological polar surface area (TPSA) is 123 Å². The number of nitrogens with two attached hydrogens (primary N) is 2. The molecule has 138 valence electrons. The molecule has 2 aromatic heterocycles. The highest BCUT2D eigenvalue weighted by atomic mass is 35.5. The van der Waals surface area contributed by atoms with Crippen LogP contribution in [0.25, 0.3) is 0 Å². The second-order valence-corrected chi connectivity index (χ2v) is 6.48. The molecule has 0 saturated heterocycles. The van der Waals surface area contributed by atoms with Crippen molar-refractivity contribution in [3.63, 3.8) is 0 Å². The summed E-state index contributed by atoms with van der Waals surface area (Å²) in [5, 5.41) is 2.23. The van der Waals surface area contributed by atoms with E-state index in [-0.39, 0.29) is 30.6 Å². The summed E-state index contributed by atoms with van der Waals surface area (Å²) in [7, 11) is 0. The van der Waals surface area contributed by atoms with E-state index in [9.17, 15) is 18.0 Å². The minimum absolute atomic E-state index is 0. The van der Waals surface area contributed by atoms with Gasteiger partial charge in [-0.3, -0.25) is 4.79 Å². The fourth-order valence-corrected chi connectivity index (χ4v) is 3.29. The molecule has 7 nitrogen and oxygen atoms in total. The van der Waals surface area contributed by atoms with Crippen molar-refractivity contribution in [2.45, 2.75) is 18.3 Å². The van der Waals surface area contributed by atoms with E-state index in [1.54, 1.807) is 5.38 Å². The Balaban J connectivity index is 0.00000312. The van der Waals surface area contributed by atoms with Gasteiger partial charge in [-0.2, -0.15) is 29.9 Å². The van der Waals surface area contributed by atoms with E-state index in [0.717, 1.165) is 5.69 Å². The number of thiazole rings is 1. The first-order valence-corrected chi connectivity index (χ1v) is 8.56. The third-order valence-corrected chi connectivity index (χ3v) is 4.35. The molecule has 0 aliphatic rings. The number of aryl methyl sites for hydroxylation is 1. The fourth-order valence-electron chi connectivity index (χ4n) is 1.64. The standard InChI is InChI=1S/C12H13F3N6OS2.ClH/c13-12(14,15)7-3-9(22)20-8(19-7)1-2-23-4-6-5-24-11(18-6)21-10(16)17;/h3,5H,1-2,4H2,(H,19,20,22)(H4,16,17,18,21);1H. The van der Waals surface area contributed by atoms with Gasteiger partial charge < -0.3 is 16.5 Å². The number of aromatic amines is 1. The van der Waals surface area contributed by atoms with E-state index in [2.05, 4.69) is 19.9 Å². The summed E-state index contributed by atoms with van der Waals surface area (Å²) in [4.78, 5) is 25.0. The number of nitrogens with zero attached hydrogens (tertiary/aromatic N) is 3. The summed E-state index contributed by atoms with van der Waals surface area (Å²) in [6.45, 7) is 0. The van der Waals surface area contributed by atoms with Gasteiger partial charge in [-0.15, -0.1) is 23.7 Å². The summed E-state index contributed by atoms with van der Waals surface area (Å²) in [6, 6.07) is 0.442. The molecule has 5 N–H and O–H groups in total. The van der Waals surface area contributed by atoms with Gasteiger partial charge in [0, 0.05) is 29.4 Å². The van der Waals surface area contributed by atoms with Gasteiger partial charge in [-0.1, -0.05) is 0 Å². The Labute approximate surface area is 154 Å². The van der Waals surface area contributed by atoms with Gasteiger partial charge in [0.2, 0.25) is 5.13 Å². The highest BCUT2D eigenvalue weighted by Gasteiger charge is 2.33. The molecular formula is C12H14ClF3N6OS2. The first-order chi connectivity index (χ1) is 11.2. The third-order valence-electron chi connectivity index (χ3n) is 2.58. The summed E-state index contributed by atoms with van der Waals surface area (Å²) < 4.78 is 37.8. The van der Waals surface area contributed by atoms with Gasteiger partial charge in [0.05, 0.1) is 5.69 Å². The monoisotopic (exact) mass is 414 g/mol. The zero-order chi connectivity index (χ0) is 17.7. The van der Waals surface area contributed by atoms with Crippen molar-refractivity contribution in [2.75, 3.05) is 5.75 Å². The summed E-state index contributed by atoms with van der Waals surface area (Å²) in [5.74, 6) is 0.934. The number of hydrogen-bond donors (Lipinski definition) is 3. The number of thioether (sulfide) groups is 1. The molecule has 0 amide bonds. The highest BCUT2D eigenvalue weighted by molar-refractivity contribution is 7.98. The maximum absolute atomic E-state index is 12.6. The average Bonchev–Trinajstić information content (AvgIpc) is 2.89. The van der Waals surface area contributed by atoms with Crippen molar-refractivity contribution in [3.8, 4) is 0 Å². The van der Waals surface area contributed by atoms with Crippen LogP contribution in [0.3, 0.4) is 0 Å². The molecule has 0 aliphatic carbocycles. The number of hydrogen-bond acceptors (Lipinski definition) is 6. The number of halogens is 4. The number of guanidine groups is 1. The minimum Gasteiger partial charge on any atom is -0.370 e. The maximum Gasteiger partial charge on any atom is 0.433 e. The van der Waals surface area contributed by atoms with Crippen LogP contribution in [0.5, 0.6) is 0 Å². The number of alkyl halides is 3. The van der Waals surface area contributed by atoms with Gasteiger partial charge in [-0.05, 0) is 0 Å². The Morgan fingerprint density at radius 3 is 2.72 bits per heavy atom. The van der Waals surface area contributed by atoms with Gasteiger partial charge in [0.25, 0.3) is 5.56 Å². The third kappa shape index (κ3) is 6.92. The molecule has 2 rings (SSSR count). The van der Waals surface area contributed by atoms with Crippen molar-refractivity contribution in [1.29, 1.82) is 0 Å². The molecule has 0 fully saturated rings. The molecule has 0 aromatic carbocycles. The van der Waals surface area contributed by atoms with E-state index in [1.165, 1.54) is 23.1 Å². The molecule has 13 heteroatoms. The lowest BCUT2D eigenvalue weighted by Crippen LogP contribution is -2.21. The van der Waals surface area contributed by atoms with Crippen LogP contribution in [0.1, 0.15) is 17.2 Å². The largest absolute Gasteiger partial charge is 0.433 e. The molecule has 0 bridgehead atoms. The van der Waals surface area contributed by atoms with Gasteiger partial charge >= 0.3 is 6.18 Å². The van der Waals surface area contributed by atoms with Crippen molar-refractivity contribution >= 4 is 46.6 Å². The van der Waals surface area contributed by atoms with Crippen LogP contribution in [-0.2, 0) is 18.3 Å². The summed E-state index contributed by atoms with van der Waals surface area (Å²) in [6.07, 6.45) is -4.44. The van der Waals surface area contributed by atoms with Crippen molar-refractivity contribution in [3.05, 3.63) is 39.0 Å². The van der Waals surface area contributed by atoms with Crippen LogP contribution in [-0.4, -0.2) is 26.7 Å². The predicted octanol–water partition coefficient (Wildman–Crippen LogP) is 2.05. The molecule has 0 aliphatic heterocycles. The molecule has 0 spiro atoms. The van der Waals surface area contributed by atoms with Crippen LogP contribution in [0.2, 0.25) is 0 Å². The van der Waals surface area contributed by atoms with Crippen molar-refractivity contribution < 1.29 is 13.2 Å². The normalized spacial score (nSPS) is 11.0. The molecular weight excluding hydrogens is 401 g/mol. The molecule has 0 atom stereocenters.